The van der Waals surface area contributed by atoms with Gasteiger partial charge in [0.2, 0.25) is 5.91 Å². The molecule has 2 fully saturated rings. The number of amides is 1. The number of piperidine rings is 1. The van der Waals surface area contributed by atoms with Gasteiger partial charge >= 0.3 is 0 Å². The summed E-state index contributed by atoms with van der Waals surface area (Å²) in [5, 5.41) is 6.99. The highest BCUT2D eigenvalue weighted by Gasteiger charge is 2.42. The van der Waals surface area contributed by atoms with Crippen molar-refractivity contribution in [1.82, 2.24) is 24.8 Å². The second kappa shape index (κ2) is 13.0. The minimum Gasteiger partial charge on any atom is -0.363 e. The maximum atomic E-state index is 15.8. The molecule has 8 bridgehead atoms. The zero-order valence-corrected chi connectivity index (χ0v) is 25.9. The lowest BCUT2D eigenvalue weighted by Crippen LogP contribution is -2.40. The molecule has 0 radical (unpaired) electrons. The summed E-state index contributed by atoms with van der Waals surface area (Å²) in [5.41, 5.74) is 1.62. The van der Waals surface area contributed by atoms with E-state index in [4.69, 9.17) is 0 Å². The smallest absolute Gasteiger partial charge is 0.276 e. The van der Waals surface area contributed by atoms with Crippen molar-refractivity contribution in [3.8, 4) is 0 Å². The number of hydrogen-bond donors (Lipinski definition) is 2. The van der Waals surface area contributed by atoms with Crippen LogP contribution in [-0.4, -0.2) is 67.2 Å². The first-order valence-corrected chi connectivity index (χ1v) is 17.2. The van der Waals surface area contributed by atoms with Gasteiger partial charge in [-0.1, -0.05) is 18.2 Å². The Bertz CT molecular complexity index is 1600. The van der Waals surface area contributed by atoms with Crippen molar-refractivity contribution in [3.05, 3.63) is 63.7 Å². The molecule has 12 heteroatoms. The van der Waals surface area contributed by atoms with E-state index in [2.05, 4.69) is 25.5 Å². The number of carbonyl (C=O) groups excluding carboxylic acids is 1. The van der Waals surface area contributed by atoms with Crippen molar-refractivity contribution < 1.29 is 17.8 Å². The number of anilines is 1. The van der Waals surface area contributed by atoms with Crippen molar-refractivity contribution in [1.29, 1.82) is 0 Å². The number of aromatic nitrogens is 3. The Morgan fingerprint density at radius 2 is 1.77 bits per heavy atom. The molecule has 6 heterocycles. The molecule has 1 aromatic carbocycles. The molecular formula is C32H40F2N6O3S. The SMILES string of the molecule is C[C@H]1Nc2ncnc3c2cc(C2CCS(=O)CC2)c(=O)n3CCNC(=O)CCCN2CCC(CC2)C(F)(F)c2cccc1c2. The molecule has 2 saturated heterocycles. The third-order valence-corrected chi connectivity index (χ3v) is 10.9. The van der Waals surface area contributed by atoms with Crippen LogP contribution in [0, 0.1) is 5.92 Å². The van der Waals surface area contributed by atoms with E-state index >= 15 is 8.78 Å². The van der Waals surface area contributed by atoms with Gasteiger partial charge in [0.1, 0.15) is 17.8 Å². The number of nitrogens with zero attached hydrogens (tertiary/aromatic N) is 4. The standard InChI is InChI=1S/C32H40F2N6O3S/c1-21-23-4-2-5-25(18-23)32(33,34)24-7-13-39(14-8-24)12-3-6-28(41)35-11-15-40-30-27(29(38-21)36-20-37-30)19-26(31(40)42)22-9-16-44(43)17-10-22/h2,4-5,18-22,24H,3,6-17H2,1H3,(H,35,41)(H,36,37,38)/t21-,22?,44?/m1/s1. The molecular weight excluding hydrogens is 586 g/mol. The van der Waals surface area contributed by atoms with Gasteiger partial charge in [-0.25, -0.2) is 18.7 Å². The number of benzene rings is 1. The maximum absolute atomic E-state index is 15.8. The summed E-state index contributed by atoms with van der Waals surface area (Å²) < 4.78 is 45.3. The molecule has 4 aliphatic rings. The molecule has 7 rings (SSSR count). The van der Waals surface area contributed by atoms with Crippen molar-refractivity contribution in [2.24, 2.45) is 5.92 Å². The van der Waals surface area contributed by atoms with Gasteiger partial charge in [-0.2, -0.15) is 0 Å². The molecule has 3 aromatic rings. The Labute approximate surface area is 258 Å². The average molecular weight is 627 g/mol. The summed E-state index contributed by atoms with van der Waals surface area (Å²) in [6, 6.07) is 8.11. The number of alkyl halides is 2. The lowest BCUT2D eigenvalue weighted by atomic mass is 9.85. The van der Waals surface area contributed by atoms with Crippen LogP contribution in [0.5, 0.6) is 0 Å². The number of rotatable bonds is 1. The summed E-state index contributed by atoms with van der Waals surface area (Å²) in [6.45, 7) is 4.26. The summed E-state index contributed by atoms with van der Waals surface area (Å²) in [4.78, 5) is 37.7. The van der Waals surface area contributed by atoms with Crippen LogP contribution in [0.15, 0.2) is 41.5 Å². The van der Waals surface area contributed by atoms with E-state index in [9.17, 15) is 13.8 Å². The molecule has 1 amide bonds. The second-order valence-electron chi connectivity index (χ2n) is 12.3. The lowest BCUT2D eigenvalue weighted by Gasteiger charge is -2.36. The van der Waals surface area contributed by atoms with E-state index in [1.54, 1.807) is 16.7 Å². The number of fused-ring (bicyclic) bond motifs is 9. The predicted molar refractivity (Wildman–Crippen MR) is 167 cm³/mol. The largest absolute Gasteiger partial charge is 0.363 e. The molecule has 236 valence electrons. The van der Waals surface area contributed by atoms with Gasteiger partial charge in [-0.15, -0.1) is 0 Å². The highest BCUT2D eigenvalue weighted by atomic mass is 32.2. The Morgan fingerprint density at radius 1 is 1.00 bits per heavy atom. The molecule has 2 N–H and O–H groups in total. The van der Waals surface area contributed by atoms with Gasteiger partial charge in [0.25, 0.3) is 11.5 Å². The monoisotopic (exact) mass is 626 g/mol. The third-order valence-electron chi connectivity index (χ3n) is 9.50. The Morgan fingerprint density at radius 3 is 2.55 bits per heavy atom. The number of hydrogen-bond acceptors (Lipinski definition) is 7. The number of halogens is 2. The van der Waals surface area contributed by atoms with Crippen LogP contribution in [0.4, 0.5) is 14.6 Å². The highest BCUT2D eigenvalue weighted by molar-refractivity contribution is 7.85. The van der Waals surface area contributed by atoms with Crippen LogP contribution in [0.1, 0.15) is 74.1 Å². The third kappa shape index (κ3) is 6.42. The Kier molecular flexibility index (Phi) is 9.09. The molecule has 4 aliphatic heterocycles. The van der Waals surface area contributed by atoms with Crippen LogP contribution < -0.4 is 16.2 Å². The van der Waals surface area contributed by atoms with Gasteiger partial charge in [0, 0.05) is 64.9 Å². The molecule has 0 spiro atoms. The summed E-state index contributed by atoms with van der Waals surface area (Å²) >= 11 is 0. The fourth-order valence-corrected chi connectivity index (χ4v) is 8.14. The normalized spacial score (nSPS) is 28.2. The molecule has 0 aliphatic carbocycles. The number of carbonyl (C=O) groups is 1. The minimum absolute atomic E-state index is 0.0167. The fourth-order valence-electron chi connectivity index (χ4n) is 6.84. The number of pyridine rings is 1. The minimum atomic E-state index is -2.96. The average Bonchev–Trinajstić information content (AvgIpc) is 3.02. The number of nitrogens with one attached hydrogen (secondary N) is 2. The first kappa shape index (κ1) is 30.8. The van der Waals surface area contributed by atoms with Crippen molar-refractivity contribution in [2.45, 2.75) is 69.9 Å². The van der Waals surface area contributed by atoms with Gasteiger partial charge in [0.05, 0.1) is 5.39 Å². The maximum Gasteiger partial charge on any atom is 0.276 e. The Hall–Kier alpha value is -3.25. The van der Waals surface area contributed by atoms with Crippen LogP contribution in [0.3, 0.4) is 0 Å². The first-order chi connectivity index (χ1) is 21.2. The lowest BCUT2D eigenvalue weighted by molar-refractivity contribution is -0.121. The van der Waals surface area contributed by atoms with Gasteiger partial charge < -0.3 is 15.5 Å². The van der Waals surface area contributed by atoms with Crippen molar-refractivity contribution in [2.75, 3.05) is 43.0 Å². The van der Waals surface area contributed by atoms with E-state index < -0.39 is 22.6 Å². The molecule has 9 nitrogen and oxygen atoms in total. The van der Waals surface area contributed by atoms with Crippen molar-refractivity contribution >= 4 is 33.6 Å². The predicted octanol–water partition coefficient (Wildman–Crippen LogP) is 4.30. The fraction of sp³-hybridized carbons (Fsp3) is 0.562. The van der Waals surface area contributed by atoms with Gasteiger partial charge in [-0.3, -0.25) is 18.4 Å². The topological polar surface area (TPSA) is 109 Å². The molecule has 44 heavy (non-hydrogen) atoms. The highest BCUT2D eigenvalue weighted by Crippen LogP contribution is 2.42. The Balaban J connectivity index is 1.40. The van der Waals surface area contributed by atoms with Crippen molar-refractivity contribution in [3.63, 3.8) is 0 Å². The quantitative estimate of drug-likeness (QED) is 0.415. The van der Waals surface area contributed by atoms with E-state index in [1.165, 1.54) is 12.4 Å². The zero-order valence-electron chi connectivity index (χ0n) is 25.1. The zero-order chi connectivity index (χ0) is 30.8. The van der Waals surface area contributed by atoms with E-state index in [-0.39, 0.29) is 42.1 Å². The molecule has 1 atom stereocenters. The van der Waals surface area contributed by atoms with Crippen LogP contribution >= 0.6 is 0 Å². The van der Waals surface area contributed by atoms with E-state index in [0.29, 0.717) is 97.6 Å². The van der Waals surface area contributed by atoms with Gasteiger partial charge in [-0.05, 0) is 82.3 Å². The summed E-state index contributed by atoms with van der Waals surface area (Å²) in [5.74, 6) is -2.27. The van der Waals surface area contributed by atoms with E-state index in [0.717, 1.165) is 0 Å². The van der Waals surface area contributed by atoms with Crippen LogP contribution in [0.25, 0.3) is 11.0 Å². The first-order valence-electron chi connectivity index (χ1n) is 15.7. The van der Waals surface area contributed by atoms with Crippen LogP contribution in [0.2, 0.25) is 0 Å². The van der Waals surface area contributed by atoms with Crippen LogP contribution in [-0.2, 0) is 28.1 Å². The summed E-state index contributed by atoms with van der Waals surface area (Å²) in [7, 11) is -0.877. The molecule has 0 unspecified atom stereocenters. The second-order valence-corrected chi connectivity index (χ2v) is 14.0. The van der Waals surface area contributed by atoms with E-state index in [1.807, 2.05) is 19.1 Å². The molecule has 2 aromatic heterocycles. The molecule has 0 saturated carbocycles. The summed E-state index contributed by atoms with van der Waals surface area (Å²) in [6.07, 6.45) is 4.45. The van der Waals surface area contributed by atoms with Gasteiger partial charge in [0.15, 0.2) is 0 Å².